The number of nitrogens with zero attached hydrogens (tertiary/aromatic N) is 2. The van der Waals surface area contributed by atoms with Crippen molar-refractivity contribution < 1.29 is 17.6 Å². The fraction of sp³-hybridized carbons (Fsp3) is 0.296. The van der Waals surface area contributed by atoms with E-state index in [-0.39, 0.29) is 10.5 Å². The summed E-state index contributed by atoms with van der Waals surface area (Å²) < 4.78 is 42.6. The Morgan fingerprint density at radius 1 is 0.857 bits per heavy atom. The Bertz CT molecular complexity index is 1380. The number of sulfonamides is 1. The van der Waals surface area contributed by atoms with Crippen LogP contribution in [0.15, 0.2) is 59.5 Å². The largest absolute Gasteiger partial charge is 0.369 e. The Balaban J connectivity index is 1.51. The zero-order chi connectivity index (χ0) is 25.3. The van der Waals surface area contributed by atoms with Gasteiger partial charge in [-0.3, -0.25) is 4.79 Å². The maximum Gasteiger partial charge on any atom is 0.258 e. The van der Waals surface area contributed by atoms with Gasteiger partial charge in [-0.1, -0.05) is 18.2 Å². The van der Waals surface area contributed by atoms with E-state index >= 15 is 0 Å². The molecule has 0 aliphatic carbocycles. The smallest absolute Gasteiger partial charge is 0.258 e. The van der Waals surface area contributed by atoms with Gasteiger partial charge in [-0.05, 0) is 86.3 Å². The van der Waals surface area contributed by atoms with Crippen LogP contribution >= 0.6 is 0 Å². The van der Waals surface area contributed by atoms with Gasteiger partial charge in [0.15, 0.2) is 0 Å². The molecular formula is C27H30FN3O3S. The fourth-order valence-electron chi connectivity index (χ4n) is 4.25. The van der Waals surface area contributed by atoms with Crippen LogP contribution < -0.4 is 10.2 Å². The molecule has 0 atom stereocenters. The molecule has 4 rings (SSSR count). The molecule has 1 heterocycles. The molecule has 1 aliphatic heterocycles. The van der Waals surface area contributed by atoms with Crippen LogP contribution in [0.1, 0.15) is 32.6 Å². The average molecular weight is 496 g/mol. The molecule has 1 N–H and O–H groups in total. The number of halogens is 1. The average Bonchev–Trinajstić information content (AvgIpc) is 2.83. The summed E-state index contributed by atoms with van der Waals surface area (Å²) in [5, 5.41) is 2.67. The number of piperazine rings is 1. The summed E-state index contributed by atoms with van der Waals surface area (Å²) in [4.78, 5) is 14.9. The van der Waals surface area contributed by atoms with E-state index in [1.807, 2.05) is 32.0 Å². The number of rotatable bonds is 5. The Morgan fingerprint density at radius 3 is 2.26 bits per heavy atom. The van der Waals surface area contributed by atoms with Crippen molar-refractivity contribution in [3.63, 3.8) is 0 Å². The van der Waals surface area contributed by atoms with Gasteiger partial charge >= 0.3 is 0 Å². The molecule has 0 bridgehead atoms. The lowest BCUT2D eigenvalue weighted by Crippen LogP contribution is -2.48. The molecule has 3 aromatic rings. The second-order valence-electron chi connectivity index (χ2n) is 9.00. The van der Waals surface area contributed by atoms with Crippen LogP contribution in [-0.2, 0) is 10.0 Å². The Kier molecular flexibility index (Phi) is 6.96. The van der Waals surface area contributed by atoms with Crippen LogP contribution in [0.2, 0.25) is 0 Å². The van der Waals surface area contributed by atoms with Gasteiger partial charge in [0.1, 0.15) is 5.82 Å². The molecule has 3 aromatic carbocycles. The monoisotopic (exact) mass is 495 g/mol. The number of carbonyl (C=O) groups excluding carboxylic acids is 1. The molecule has 1 fully saturated rings. The first-order valence-electron chi connectivity index (χ1n) is 11.6. The molecule has 8 heteroatoms. The third-order valence-corrected chi connectivity index (χ3v) is 8.64. The number of carbonyl (C=O) groups is 1. The van der Waals surface area contributed by atoms with Gasteiger partial charge in [-0.2, -0.15) is 4.31 Å². The molecule has 0 aromatic heterocycles. The number of aryl methyl sites for hydroxylation is 3. The Morgan fingerprint density at radius 2 is 1.57 bits per heavy atom. The van der Waals surface area contributed by atoms with Crippen LogP contribution in [0.4, 0.5) is 15.8 Å². The van der Waals surface area contributed by atoms with Crippen LogP contribution in [0.25, 0.3) is 0 Å². The van der Waals surface area contributed by atoms with E-state index in [2.05, 4.69) is 30.1 Å². The highest BCUT2D eigenvalue weighted by Crippen LogP contribution is 2.26. The van der Waals surface area contributed by atoms with Crippen LogP contribution in [0.5, 0.6) is 0 Å². The first-order valence-corrected chi connectivity index (χ1v) is 13.0. The van der Waals surface area contributed by atoms with Crippen molar-refractivity contribution >= 4 is 27.3 Å². The van der Waals surface area contributed by atoms with Gasteiger partial charge in [0, 0.05) is 37.6 Å². The molecule has 1 aliphatic rings. The van der Waals surface area contributed by atoms with E-state index in [0.717, 1.165) is 28.9 Å². The minimum Gasteiger partial charge on any atom is -0.369 e. The van der Waals surface area contributed by atoms with E-state index in [1.54, 1.807) is 12.1 Å². The van der Waals surface area contributed by atoms with Gasteiger partial charge in [0.2, 0.25) is 10.0 Å². The van der Waals surface area contributed by atoms with Crippen molar-refractivity contribution in [1.82, 2.24) is 4.31 Å². The van der Waals surface area contributed by atoms with E-state index in [4.69, 9.17) is 0 Å². The van der Waals surface area contributed by atoms with E-state index < -0.39 is 21.7 Å². The SMILES string of the molecule is Cc1ccc(NC(=O)c2cc(S(=O)(=O)N3CCN(c4cccc(C)c4C)CC3)ccc2F)cc1C. The maximum atomic E-state index is 14.5. The van der Waals surface area contributed by atoms with Gasteiger partial charge < -0.3 is 10.2 Å². The predicted octanol–water partition coefficient (Wildman–Crippen LogP) is 4.82. The molecule has 1 saturated heterocycles. The molecule has 0 saturated carbocycles. The second kappa shape index (κ2) is 9.79. The number of nitrogens with one attached hydrogen (secondary N) is 1. The standard InChI is InChI=1S/C27H30FN3O3S/c1-18-8-9-22(16-20(18)3)29-27(32)24-17-23(10-11-25(24)28)35(33,34)31-14-12-30(13-15-31)26-7-5-6-19(2)21(26)4/h5-11,16-17H,12-15H2,1-4H3,(H,29,32). The molecule has 0 radical (unpaired) electrons. The molecule has 0 spiro atoms. The number of benzene rings is 3. The number of anilines is 2. The molecule has 0 unspecified atom stereocenters. The van der Waals surface area contributed by atoms with Gasteiger partial charge in [0.25, 0.3) is 5.91 Å². The summed E-state index contributed by atoms with van der Waals surface area (Å²) in [7, 11) is -3.88. The highest BCUT2D eigenvalue weighted by atomic mass is 32.2. The molecule has 1 amide bonds. The van der Waals surface area contributed by atoms with Crippen LogP contribution in [0.3, 0.4) is 0 Å². The number of amides is 1. The van der Waals surface area contributed by atoms with E-state index in [9.17, 15) is 17.6 Å². The first-order chi connectivity index (χ1) is 16.6. The van der Waals surface area contributed by atoms with Gasteiger partial charge in [-0.15, -0.1) is 0 Å². The van der Waals surface area contributed by atoms with Crippen molar-refractivity contribution in [1.29, 1.82) is 0 Å². The summed E-state index contributed by atoms with van der Waals surface area (Å²) in [6, 6.07) is 14.9. The Hall–Kier alpha value is -3.23. The summed E-state index contributed by atoms with van der Waals surface area (Å²) in [5.41, 5.74) is 5.75. The lowest BCUT2D eigenvalue weighted by atomic mass is 10.1. The predicted molar refractivity (Wildman–Crippen MR) is 137 cm³/mol. The van der Waals surface area contributed by atoms with Crippen molar-refractivity contribution in [2.24, 2.45) is 0 Å². The lowest BCUT2D eigenvalue weighted by molar-refractivity contribution is 0.102. The Labute approximate surface area is 206 Å². The highest BCUT2D eigenvalue weighted by Gasteiger charge is 2.30. The minimum atomic E-state index is -3.88. The van der Waals surface area contributed by atoms with E-state index in [0.29, 0.717) is 31.9 Å². The zero-order valence-electron chi connectivity index (χ0n) is 20.4. The highest BCUT2D eigenvalue weighted by molar-refractivity contribution is 7.89. The number of hydrogen-bond donors (Lipinski definition) is 1. The van der Waals surface area contributed by atoms with Crippen molar-refractivity contribution in [3.05, 3.63) is 88.2 Å². The normalized spacial score (nSPS) is 14.7. The third-order valence-electron chi connectivity index (χ3n) is 6.74. The van der Waals surface area contributed by atoms with Crippen molar-refractivity contribution in [2.75, 3.05) is 36.4 Å². The molecule has 6 nitrogen and oxygen atoms in total. The van der Waals surface area contributed by atoms with Crippen LogP contribution in [-0.4, -0.2) is 44.8 Å². The van der Waals surface area contributed by atoms with Gasteiger partial charge in [-0.25, -0.2) is 12.8 Å². The summed E-state index contributed by atoms with van der Waals surface area (Å²) in [6.45, 7) is 9.69. The third kappa shape index (κ3) is 5.09. The summed E-state index contributed by atoms with van der Waals surface area (Å²) >= 11 is 0. The molecule has 35 heavy (non-hydrogen) atoms. The first kappa shape index (κ1) is 24.9. The maximum absolute atomic E-state index is 14.5. The zero-order valence-corrected chi connectivity index (χ0v) is 21.2. The van der Waals surface area contributed by atoms with Crippen molar-refractivity contribution in [2.45, 2.75) is 32.6 Å². The van der Waals surface area contributed by atoms with Crippen molar-refractivity contribution in [3.8, 4) is 0 Å². The molecular weight excluding hydrogens is 465 g/mol. The molecule has 184 valence electrons. The van der Waals surface area contributed by atoms with E-state index in [1.165, 1.54) is 21.5 Å². The summed E-state index contributed by atoms with van der Waals surface area (Å²) in [5.74, 6) is -1.47. The van der Waals surface area contributed by atoms with Gasteiger partial charge in [0.05, 0.1) is 10.5 Å². The fourth-order valence-corrected chi connectivity index (χ4v) is 5.70. The minimum absolute atomic E-state index is 0.0932. The topological polar surface area (TPSA) is 69.7 Å². The quantitative estimate of drug-likeness (QED) is 0.551. The lowest BCUT2D eigenvalue weighted by Gasteiger charge is -2.36. The second-order valence-corrected chi connectivity index (χ2v) is 10.9. The summed E-state index contributed by atoms with van der Waals surface area (Å²) in [6.07, 6.45) is 0. The van der Waals surface area contributed by atoms with Crippen LogP contribution in [0, 0.1) is 33.5 Å². The number of hydrogen-bond acceptors (Lipinski definition) is 4.